The number of ketones is 1. The van der Waals surface area contributed by atoms with Gasteiger partial charge in [-0.25, -0.2) is 4.39 Å². The van der Waals surface area contributed by atoms with E-state index in [1.807, 2.05) is 12.1 Å². The van der Waals surface area contributed by atoms with Crippen LogP contribution < -0.4 is 0 Å². The Morgan fingerprint density at radius 3 is 2.56 bits per heavy atom. The number of amides is 1. The largest absolute Gasteiger partial charge is 0.342 e. The summed E-state index contributed by atoms with van der Waals surface area (Å²) < 4.78 is 13.0. The lowest BCUT2D eigenvalue weighted by molar-refractivity contribution is -0.132. The molecule has 1 aliphatic rings. The number of nitrogens with zero attached hydrogens (tertiary/aromatic N) is 2. The Labute approximate surface area is 146 Å². The van der Waals surface area contributed by atoms with Crippen molar-refractivity contribution in [3.63, 3.8) is 0 Å². The highest BCUT2D eigenvalue weighted by atomic mass is 19.1. The first-order valence-electron chi connectivity index (χ1n) is 8.60. The molecule has 0 bridgehead atoms. The first-order chi connectivity index (χ1) is 12.1. The summed E-state index contributed by atoms with van der Waals surface area (Å²) in [6.45, 7) is 1.15. The number of hydrogen-bond donors (Lipinski definition) is 0. The number of carbonyl (C=O) groups is 2. The minimum Gasteiger partial charge on any atom is -0.342 e. The number of carbonyl (C=O) groups excluding carboxylic acids is 2. The molecule has 1 aromatic carbocycles. The molecule has 0 saturated carbocycles. The van der Waals surface area contributed by atoms with Gasteiger partial charge < -0.3 is 4.90 Å². The lowest BCUT2D eigenvalue weighted by Gasteiger charge is -2.32. The smallest absolute Gasteiger partial charge is 0.222 e. The minimum absolute atomic E-state index is 0.00775. The van der Waals surface area contributed by atoms with Crippen LogP contribution in [0.2, 0.25) is 0 Å². The van der Waals surface area contributed by atoms with Crippen molar-refractivity contribution in [2.24, 2.45) is 5.92 Å². The molecule has 130 valence electrons. The molecule has 1 aliphatic heterocycles. The molecule has 1 saturated heterocycles. The Morgan fingerprint density at radius 1 is 1.12 bits per heavy atom. The highest BCUT2D eigenvalue weighted by Gasteiger charge is 2.28. The highest BCUT2D eigenvalue weighted by Crippen LogP contribution is 2.22. The van der Waals surface area contributed by atoms with Gasteiger partial charge in [-0.15, -0.1) is 0 Å². The number of halogens is 1. The van der Waals surface area contributed by atoms with Crippen LogP contribution in [-0.2, 0) is 11.2 Å². The van der Waals surface area contributed by atoms with Gasteiger partial charge in [0.15, 0.2) is 5.78 Å². The molecular weight excluding hydrogens is 319 g/mol. The fraction of sp³-hybridized carbons (Fsp3) is 0.350. The predicted octanol–water partition coefficient (Wildman–Crippen LogP) is 3.27. The highest BCUT2D eigenvalue weighted by molar-refractivity contribution is 5.98. The molecule has 0 aliphatic carbocycles. The van der Waals surface area contributed by atoms with Crippen LogP contribution in [0.3, 0.4) is 0 Å². The summed E-state index contributed by atoms with van der Waals surface area (Å²) in [6, 6.07) is 9.44. The summed E-state index contributed by atoms with van der Waals surface area (Å²) in [7, 11) is 0. The van der Waals surface area contributed by atoms with Gasteiger partial charge in [0.05, 0.1) is 0 Å². The predicted molar refractivity (Wildman–Crippen MR) is 92.6 cm³/mol. The molecule has 1 fully saturated rings. The van der Waals surface area contributed by atoms with E-state index >= 15 is 0 Å². The van der Waals surface area contributed by atoms with Crippen molar-refractivity contribution in [1.82, 2.24) is 9.88 Å². The number of rotatable bonds is 5. The van der Waals surface area contributed by atoms with Gasteiger partial charge in [0, 0.05) is 43.4 Å². The van der Waals surface area contributed by atoms with Crippen LogP contribution in [0.25, 0.3) is 0 Å². The third-order valence-electron chi connectivity index (χ3n) is 4.65. The van der Waals surface area contributed by atoms with Gasteiger partial charge in [-0.3, -0.25) is 14.6 Å². The molecule has 0 radical (unpaired) electrons. The summed E-state index contributed by atoms with van der Waals surface area (Å²) in [4.78, 5) is 30.8. The van der Waals surface area contributed by atoms with Crippen molar-refractivity contribution in [1.29, 1.82) is 0 Å². The van der Waals surface area contributed by atoms with Crippen molar-refractivity contribution in [3.8, 4) is 0 Å². The lowest BCUT2D eigenvalue weighted by atomic mass is 9.89. The first-order valence-corrected chi connectivity index (χ1v) is 8.60. The fourth-order valence-corrected chi connectivity index (χ4v) is 3.23. The summed E-state index contributed by atoms with van der Waals surface area (Å²) in [5.41, 5.74) is 1.59. The number of piperidine rings is 1. The maximum Gasteiger partial charge on any atom is 0.222 e. The SMILES string of the molecule is O=C(c1ccc(F)cc1)[C@H]1CCCN(C(=O)CCc2ccncc2)C1. The van der Waals surface area contributed by atoms with E-state index < -0.39 is 0 Å². The van der Waals surface area contributed by atoms with Gasteiger partial charge >= 0.3 is 0 Å². The van der Waals surface area contributed by atoms with Crippen LogP contribution in [0.4, 0.5) is 4.39 Å². The quantitative estimate of drug-likeness (QED) is 0.785. The van der Waals surface area contributed by atoms with Gasteiger partial charge in [-0.1, -0.05) is 0 Å². The zero-order chi connectivity index (χ0) is 17.6. The Kier molecular flexibility index (Phi) is 5.53. The van der Waals surface area contributed by atoms with Gasteiger partial charge in [0.2, 0.25) is 5.91 Å². The summed E-state index contributed by atoms with van der Waals surface area (Å²) in [5, 5.41) is 0. The molecule has 1 aromatic heterocycles. The molecule has 0 N–H and O–H groups in total. The van der Waals surface area contributed by atoms with Crippen LogP contribution in [0.5, 0.6) is 0 Å². The van der Waals surface area contributed by atoms with Crippen LogP contribution in [0, 0.1) is 11.7 Å². The standard InChI is InChI=1S/C20H21FN2O2/c21-18-6-4-16(5-7-18)20(25)17-2-1-13-23(14-17)19(24)8-3-15-9-11-22-12-10-15/h4-7,9-12,17H,1-3,8,13-14H2/t17-/m0/s1. The average molecular weight is 340 g/mol. The van der Waals surface area contributed by atoms with Crippen LogP contribution in [-0.4, -0.2) is 34.7 Å². The van der Waals surface area contributed by atoms with E-state index in [1.165, 1.54) is 24.3 Å². The third kappa shape index (κ3) is 4.50. The number of hydrogen-bond acceptors (Lipinski definition) is 3. The molecule has 0 spiro atoms. The summed E-state index contributed by atoms with van der Waals surface area (Å²) in [5.74, 6) is -0.489. The number of pyridine rings is 1. The molecule has 4 nitrogen and oxygen atoms in total. The molecule has 2 aromatic rings. The average Bonchev–Trinajstić information content (AvgIpc) is 2.67. The molecular formula is C20H21FN2O2. The molecule has 3 rings (SSSR count). The zero-order valence-electron chi connectivity index (χ0n) is 14.0. The second-order valence-electron chi connectivity index (χ2n) is 6.41. The van der Waals surface area contributed by atoms with Crippen molar-refractivity contribution in [3.05, 3.63) is 65.7 Å². The van der Waals surface area contributed by atoms with E-state index in [1.54, 1.807) is 17.3 Å². The van der Waals surface area contributed by atoms with Crippen molar-refractivity contribution < 1.29 is 14.0 Å². The number of benzene rings is 1. The minimum atomic E-state index is -0.354. The third-order valence-corrected chi connectivity index (χ3v) is 4.65. The number of Topliss-reactive ketones (excluding diaryl/α,β-unsaturated/α-hetero) is 1. The molecule has 1 amide bonds. The van der Waals surface area contributed by atoms with Crippen molar-refractivity contribution in [2.75, 3.05) is 13.1 Å². The molecule has 1 atom stereocenters. The molecule has 0 unspecified atom stereocenters. The first kappa shape index (κ1) is 17.3. The fourth-order valence-electron chi connectivity index (χ4n) is 3.23. The van der Waals surface area contributed by atoms with Gasteiger partial charge in [-0.2, -0.15) is 0 Å². The Hall–Kier alpha value is -2.56. The van der Waals surface area contributed by atoms with Crippen molar-refractivity contribution >= 4 is 11.7 Å². The summed E-state index contributed by atoms with van der Waals surface area (Å²) in [6.07, 6.45) is 6.13. The number of likely N-dealkylation sites (tertiary alicyclic amines) is 1. The van der Waals surface area contributed by atoms with Crippen molar-refractivity contribution in [2.45, 2.75) is 25.7 Å². The van der Waals surface area contributed by atoms with Gasteiger partial charge in [0.25, 0.3) is 0 Å². The monoisotopic (exact) mass is 340 g/mol. The second kappa shape index (κ2) is 8.01. The maximum absolute atomic E-state index is 13.0. The van der Waals surface area contributed by atoms with E-state index in [2.05, 4.69) is 4.98 Å². The van der Waals surface area contributed by atoms with E-state index in [-0.39, 0.29) is 23.4 Å². The number of aromatic nitrogens is 1. The van der Waals surface area contributed by atoms with Gasteiger partial charge in [0.1, 0.15) is 5.82 Å². The zero-order valence-corrected chi connectivity index (χ0v) is 14.0. The number of aryl methyl sites for hydroxylation is 1. The van der Waals surface area contributed by atoms with E-state index in [9.17, 15) is 14.0 Å². The van der Waals surface area contributed by atoms with E-state index in [0.29, 0.717) is 31.5 Å². The summed E-state index contributed by atoms with van der Waals surface area (Å²) >= 11 is 0. The van der Waals surface area contributed by atoms with E-state index in [0.717, 1.165) is 18.4 Å². The van der Waals surface area contributed by atoms with E-state index in [4.69, 9.17) is 0 Å². The molecule has 25 heavy (non-hydrogen) atoms. The normalized spacial score (nSPS) is 17.3. The lowest BCUT2D eigenvalue weighted by Crippen LogP contribution is -2.42. The molecule has 5 heteroatoms. The maximum atomic E-state index is 13.0. The van der Waals surface area contributed by atoms with Crippen LogP contribution in [0.1, 0.15) is 35.2 Å². The van der Waals surface area contributed by atoms with Crippen LogP contribution in [0.15, 0.2) is 48.8 Å². The molecule has 2 heterocycles. The Bertz CT molecular complexity index is 731. The second-order valence-corrected chi connectivity index (χ2v) is 6.41. The topological polar surface area (TPSA) is 50.3 Å². The van der Waals surface area contributed by atoms with Crippen LogP contribution >= 0.6 is 0 Å². The Morgan fingerprint density at radius 2 is 1.84 bits per heavy atom. The van der Waals surface area contributed by atoms with Gasteiger partial charge in [-0.05, 0) is 61.2 Å². The Balaban J connectivity index is 1.57.